The van der Waals surface area contributed by atoms with E-state index < -0.39 is 5.97 Å². The predicted molar refractivity (Wildman–Crippen MR) is 72.5 cm³/mol. The Labute approximate surface area is 106 Å². The Morgan fingerprint density at radius 1 is 1.17 bits per heavy atom. The highest BCUT2D eigenvalue weighted by Crippen LogP contribution is 2.24. The number of carboxylic acid groups (broad SMARTS) is 1. The molecule has 2 rings (SSSR count). The Morgan fingerprint density at radius 2 is 1.61 bits per heavy atom. The predicted octanol–water partition coefficient (Wildman–Crippen LogP) is 2.64. The van der Waals surface area contributed by atoms with Crippen LogP contribution in [0.1, 0.15) is 10.4 Å². The van der Waals surface area contributed by atoms with Crippen LogP contribution in [0, 0.1) is 5.41 Å². The molecule has 0 aliphatic heterocycles. The van der Waals surface area contributed by atoms with Gasteiger partial charge >= 0.3 is 5.97 Å². The lowest BCUT2D eigenvalue weighted by atomic mass is 10.2. The molecule has 0 aromatic heterocycles. The summed E-state index contributed by atoms with van der Waals surface area (Å²) in [6.45, 7) is 0. The number of fused-ring (bicyclic) bond motifs is 1. The van der Waals surface area contributed by atoms with Crippen molar-refractivity contribution in [3.63, 3.8) is 0 Å². The summed E-state index contributed by atoms with van der Waals surface area (Å²) in [5.74, 6) is -0.876. The fraction of sp³-hybridized carbons (Fsp3) is 0.143. The minimum absolute atomic E-state index is 0.348. The highest BCUT2D eigenvalue weighted by Gasteiger charge is 2.09. The van der Waals surface area contributed by atoms with Gasteiger partial charge in [-0.05, 0) is 23.3 Å². The summed E-state index contributed by atoms with van der Waals surface area (Å²) in [5, 5.41) is 15.2. The van der Waals surface area contributed by atoms with Crippen molar-refractivity contribution in [2.75, 3.05) is 14.1 Å². The van der Waals surface area contributed by atoms with Crippen molar-refractivity contribution < 1.29 is 9.90 Å². The Hall–Kier alpha value is -2.36. The van der Waals surface area contributed by atoms with Gasteiger partial charge in [0, 0.05) is 14.1 Å². The van der Waals surface area contributed by atoms with Crippen molar-refractivity contribution in [2.45, 2.75) is 0 Å². The smallest absolute Gasteiger partial charge is 0.335 e. The van der Waals surface area contributed by atoms with Crippen LogP contribution >= 0.6 is 0 Å². The molecule has 0 heterocycles. The summed E-state index contributed by atoms with van der Waals surface area (Å²) in [6.07, 6.45) is 1.25. The average molecular weight is 244 g/mol. The fourth-order valence-corrected chi connectivity index (χ4v) is 1.34. The van der Waals surface area contributed by atoms with E-state index in [1.807, 2.05) is 44.4 Å². The minimum atomic E-state index is -0.876. The Morgan fingerprint density at radius 3 is 1.94 bits per heavy atom. The molecule has 2 N–H and O–H groups in total. The number of aromatic carboxylic acids is 1. The summed E-state index contributed by atoms with van der Waals surface area (Å²) in [6, 6.07) is 12.9. The number of carbonyl (C=O) groups is 1. The number of nitrogens with zero attached hydrogens (tertiary/aromatic N) is 1. The Balaban J connectivity index is 0.000000280. The average Bonchev–Trinajstić information content (AvgIpc) is 2.62. The SMILES string of the molecule is CN(C)C=N.O=C(O)c1cc2cccccc-2c1. The third-order valence-corrected chi connectivity index (χ3v) is 2.23. The van der Waals surface area contributed by atoms with Crippen LogP contribution < -0.4 is 0 Å². The highest BCUT2D eigenvalue weighted by atomic mass is 16.4. The molecule has 2 aliphatic rings. The lowest BCUT2D eigenvalue weighted by Crippen LogP contribution is -2.05. The minimum Gasteiger partial charge on any atom is -0.478 e. The highest BCUT2D eigenvalue weighted by molar-refractivity contribution is 5.92. The maximum atomic E-state index is 10.6. The van der Waals surface area contributed by atoms with E-state index in [2.05, 4.69) is 0 Å². The Kier molecular flexibility index (Phi) is 4.87. The molecule has 0 radical (unpaired) electrons. The molecule has 2 aliphatic carbocycles. The molecule has 0 atom stereocenters. The first-order valence-electron chi connectivity index (χ1n) is 5.43. The summed E-state index contributed by atoms with van der Waals surface area (Å²) in [4.78, 5) is 12.3. The van der Waals surface area contributed by atoms with Crippen LogP contribution in [-0.2, 0) is 0 Å². The van der Waals surface area contributed by atoms with Crippen LogP contribution in [0.15, 0.2) is 42.5 Å². The van der Waals surface area contributed by atoms with E-state index >= 15 is 0 Å². The van der Waals surface area contributed by atoms with Gasteiger partial charge in [0.2, 0.25) is 0 Å². The van der Waals surface area contributed by atoms with Crippen LogP contribution in [-0.4, -0.2) is 36.4 Å². The lowest BCUT2D eigenvalue weighted by molar-refractivity contribution is 0.0697. The molecule has 0 aromatic rings. The first-order valence-corrected chi connectivity index (χ1v) is 5.43. The van der Waals surface area contributed by atoms with E-state index in [1.54, 1.807) is 17.0 Å². The van der Waals surface area contributed by atoms with Crippen molar-refractivity contribution in [1.29, 1.82) is 5.41 Å². The molecule has 4 nitrogen and oxygen atoms in total. The first-order chi connectivity index (χ1) is 8.54. The summed E-state index contributed by atoms with van der Waals surface area (Å²) >= 11 is 0. The summed E-state index contributed by atoms with van der Waals surface area (Å²) in [7, 11) is 3.62. The molecule has 94 valence electrons. The zero-order valence-corrected chi connectivity index (χ0v) is 10.4. The maximum absolute atomic E-state index is 10.6. The van der Waals surface area contributed by atoms with Crippen molar-refractivity contribution in [3.8, 4) is 11.1 Å². The van der Waals surface area contributed by atoms with Gasteiger partial charge in [-0.25, -0.2) is 4.79 Å². The van der Waals surface area contributed by atoms with E-state index in [-0.39, 0.29) is 0 Å². The third-order valence-electron chi connectivity index (χ3n) is 2.23. The zero-order chi connectivity index (χ0) is 13.5. The van der Waals surface area contributed by atoms with Crippen LogP contribution in [0.3, 0.4) is 0 Å². The molecule has 0 bridgehead atoms. The number of hydrogen-bond donors (Lipinski definition) is 2. The van der Waals surface area contributed by atoms with Gasteiger partial charge < -0.3 is 10.0 Å². The van der Waals surface area contributed by atoms with E-state index in [4.69, 9.17) is 10.5 Å². The van der Waals surface area contributed by atoms with Gasteiger partial charge in [-0.1, -0.05) is 30.3 Å². The third kappa shape index (κ3) is 3.90. The second-order valence-corrected chi connectivity index (χ2v) is 3.96. The van der Waals surface area contributed by atoms with Gasteiger partial charge in [-0.15, -0.1) is 0 Å². The van der Waals surface area contributed by atoms with Gasteiger partial charge in [0.1, 0.15) is 0 Å². The van der Waals surface area contributed by atoms with Crippen LogP contribution in [0.2, 0.25) is 0 Å². The summed E-state index contributed by atoms with van der Waals surface area (Å²) < 4.78 is 0. The largest absolute Gasteiger partial charge is 0.478 e. The molecule has 4 heteroatoms. The van der Waals surface area contributed by atoms with E-state index in [9.17, 15) is 4.79 Å². The molecule has 0 saturated carbocycles. The number of carboxylic acids is 1. The van der Waals surface area contributed by atoms with Gasteiger partial charge in [0.15, 0.2) is 0 Å². The lowest BCUT2D eigenvalue weighted by Gasteiger charge is -1.96. The standard InChI is InChI=1S/C11H8O2.C3H8N2/c12-11(13)10-6-8-4-2-1-3-5-9(8)7-10;1-5(2)3-4/h1-7H,(H,12,13);3-4H,1-2H3. The van der Waals surface area contributed by atoms with Crippen molar-refractivity contribution in [3.05, 3.63) is 48.0 Å². The Bertz CT molecular complexity index is 478. The number of hydrogen-bond acceptors (Lipinski definition) is 2. The molecule has 0 unspecified atom stereocenters. The van der Waals surface area contributed by atoms with Crippen LogP contribution in [0.4, 0.5) is 0 Å². The van der Waals surface area contributed by atoms with Crippen molar-refractivity contribution >= 4 is 12.3 Å². The molecule has 0 spiro atoms. The number of nitrogens with one attached hydrogen (secondary N) is 1. The fourth-order valence-electron chi connectivity index (χ4n) is 1.34. The molecule has 18 heavy (non-hydrogen) atoms. The maximum Gasteiger partial charge on any atom is 0.335 e. The topological polar surface area (TPSA) is 64.4 Å². The molecule has 0 fully saturated rings. The van der Waals surface area contributed by atoms with Gasteiger partial charge in [0.25, 0.3) is 0 Å². The van der Waals surface area contributed by atoms with Gasteiger partial charge in [0.05, 0.1) is 11.9 Å². The first kappa shape index (κ1) is 13.7. The van der Waals surface area contributed by atoms with Crippen LogP contribution in [0.5, 0.6) is 0 Å². The van der Waals surface area contributed by atoms with Gasteiger partial charge in [-0.2, -0.15) is 0 Å². The molecule has 0 aromatic carbocycles. The normalized spacial score (nSPS) is 9.22. The van der Waals surface area contributed by atoms with E-state index in [0.717, 1.165) is 11.1 Å². The molecular weight excluding hydrogens is 228 g/mol. The van der Waals surface area contributed by atoms with Crippen molar-refractivity contribution in [2.24, 2.45) is 0 Å². The molecule has 0 saturated heterocycles. The summed E-state index contributed by atoms with van der Waals surface area (Å²) in [5.41, 5.74) is 2.27. The monoisotopic (exact) mass is 244 g/mol. The van der Waals surface area contributed by atoms with E-state index in [0.29, 0.717) is 5.56 Å². The molecular formula is C14H16N2O2. The number of rotatable bonds is 2. The van der Waals surface area contributed by atoms with Gasteiger partial charge in [-0.3, -0.25) is 5.41 Å². The van der Waals surface area contributed by atoms with Crippen molar-refractivity contribution in [1.82, 2.24) is 4.90 Å². The quantitative estimate of drug-likeness (QED) is 0.630. The molecule has 0 amide bonds. The van der Waals surface area contributed by atoms with E-state index in [1.165, 1.54) is 6.34 Å². The zero-order valence-electron chi connectivity index (χ0n) is 10.4. The van der Waals surface area contributed by atoms with Crippen LogP contribution in [0.25, 0.3) is 11.1 Å². The second-order valence-electron chi connectivity index (χ2n) is 3.96. The second kappa shape index (κ2) is 6.39.